The third kappa shape index (κ3) is 3.45. The molecule has 0 spiro atoms. The molecule has 3 heterocycles. The summed E-state index contributed by atoms with van der Waals surface area (Å²) in [5, 5.41) is 32.7. The first-order valence-electron chi connectivity index (χ1n) is 9.10. The summed E-state index contributed by atoms with van der Waals surface area (Å²) in [5.41, 5.74) is 2.00. The van der Waals surface area contributed by atoms with Gasteiger partial charge in [-0.15, -0.1) is 0 Å². The van der Waals surface area contributed by atoms with Crippen LogP contribution in [0.15, 0.2) is 53.7 Å². The van der Waals surface area contributed by atoms with Crippen molar-refractivity contribution in [1.82, 2.24) is 9.55 Å². The van der Waals surface area contributed by atoms with Gasteiger partial charge in [0.1, 0.15) is 30.1 Å². The van der Waals surface area contributed by atoms with E-state index in [1.807, 2.05) is 19.1 Å². The fourth-order valence-electron chi connectivity index (χ4n) is 3.68. The molecule has 9 heteroatoms. The monoisotopic (exact) mass is 418 g/mol. The van der Waals surface area contributed by atoms with Crippen molar-refractivity contribution in [1.29, 1.82) is 0 Å². The third-order valence-electron chi connectivity index (χ3n) is 5.34. The lowest BCUT2D eigenvalue weighted by Crippen LogP contribution is -2.34. The topological polar surface area (TPSA) is 122 Å². The minimum atomic E-state index is -3.36. The lowest BCUT2D eigenvalue weighted by atomic mass is 9.99. The summed E-state index contributed by atoms with van der Waals surface area (Å²) in [6, 6.07) is 9.43. The SMILES string of the molecule is Cc1ccnc2c1ccn2C1OC(C(O)c2ccc(S(C)(=O)=O)cc2)C(O)C1O. The standard InChI is InChI=1S/C20H22N2O6S/c1-11-7-9-21-19-14(11)8-10-22(19)20-17(25)16(24)18(28-20)15(23)12-3-5-13(6-4-12)29(2,26)27/h3-10,15-18,20,23-25H,1-2H3. The van der Waals surface area contributed by atoms with Crippen molar-refractivity contribution in [2.45, 2.75) is 42.5 Å². The molecule has 1 aromatic carbocycles. The van der Waals surface area contributed by atoms with Crippen LogP contribution in [0.3, 0.4) is 0 Å². The number of fused-ring (bicyclic) bond motifs is 1. The maximum absolute atomic E-state index is 11.6. The van der Waals surface area contributed by atoms with Gasteiger partial charge in [0.05, 0.1) is 4.90 Å². The number of ether oxygens (including phenoxy) is 1. The lowest BCUT2D eigenvalue weighted by molar-refractivity contribution is -0.0848. The largest absolute Gasteiger partial charge is 0.387 e. The summed E-state index contributed by atoms with van der Waals surface area (Å²) in [6.07, 6.45) is -1.42. The van der Waals surface area contributed by atoms with Crippen LogP contribution in [-0.2, 0) is 14.6 Å². The first kappa shape index (κ1) is 20.0. The summed E-state index contributed by atoms with van der Waals surface area (Å²) in [6.45, 7) is 1.95. The van der Waals surface area contributed by atoms with Gasteiger partial charge in [-0.25, -0.2) is 13.4 Å². The number of aryl methyl sites for hydroxylation is 1. The van der Waals surface area contributed by atoms with Crippen LogP contribution in [0.2, 0.25) is 0 Å². The average Bonchev–Trinajstić information content (AvgIpc) is 3.23. The summed E-state index contributed by atoms with van der Waals surface area (Å²) < 4.78 is 30.7. The Morgan fingerprint density at radius 2 is 1.79 bits per heavy atom. The maximum Gasteiger partial charge on any atom is 0.175 e. The highest BCUT2D eigenvalue weighted by Gasteiger charge is 2.47. The highest BCUT2D eigenvalue weighted by Crippen LogP contribution is 2.37. The van der Waals surface area contributed by atoms with Crippen molar-refractivity contribution in [3.8, 4) is 0 Å². The second-order valence-electron chi connectivity index (χ2n) is 7.35. The molecule has 3 aromatic rings. The molecular weight excluding hydrogens is 396 g/mol. The van der Waals surface area contributed by atoms with Crippen LogP contribution in [0.25, 0.3) is 11.0 Å². The van der Waals surface area contributed by atoms with Gasteiger partial charge in [-0.1, -0.05) is 12.1 Å². The molecule has 5 unspecified atom stereocenters. The van der Waals surface area contributed by atoms with Gasteiger partial charge >= 0.3 is 0 Å². The highest BCUT2D eigenvalue weighted by atomic mass is 32.2. The number of aliphatic hydroxyl groups excluding tert-OH is 3. The Kier molecular flexibility index (Phi) is 4.96. The zero-order chi connectivity index (χ0) is 20.9. The summed E-state index contributed by atoms with van der Waals surface area (Å²) in [5.74, 6) is 0. The highest BCUT2D eigenvalue weighted by molar-refractivity contribution is 7.90. The summed E-state index contributed by atoms with van der Waals surface area (Å²) >= 11 is 0. The molecule has 5 atom stereocenters. The van der Waals surface area contributed by atoms with Crippen molar-refractivity contribution < 1.29 is 28.5 Å². The van der Waals surface area contributed by atoms with E-state index in [1.54, 1.807) is 17.0 Å². The molecule has 3 N–H and O–H groups in total. The van der Waals surface area contributed by atoms with E-state index in [9.17, 15) is 23.7 Å². The molecule has 0 amide bonds. The molecule has 29 heavy (non-hydrogen) atoms. The Morgan fingerprint density at radius 3 is 2.45 bits per heavy atom. The Hall–Kier alpha value is -2.30. The van der Waals surface area contributed by atoms with Crippen molar-refractivity contribution in [3.05, 3.63) is 59.9 Å². The molecule has 1 aliphatic heterocycles. The molecular formula is C20H22N2O6S. The van der Waals surface area contributed by atoms with Crippen LogP contribution in [0.1, 0.15) is 23.5 Å². The van der Waals surface area contributed by atoms with Gasteiger partial charge < -0.3 is 24.6 Å². The molecule has 0 bridgehead atoms. The van der Waals surface area contributed by atoms with E-state index in [0.29, 0.717) is 11.2 Å². The fraction of sp³-hybridized carbons (Fsp3) is 0.350. The molecule has 1 aliphatic rings. The van der Waals surface area contributed by atoms with Gasteiger partial charge in [0.2, 0.25) is 0 Å². The second kappa shape index (κ2) is 7.19. The Balaban J connectivity index is 1.62. The third-order valence-corrected chi connectivity index (χ3v) is 6.47. The van der Waals surface area contributed by atoms with Crippen LogP contribution in [-0.4, -0.2) is 57.9 Å². The quantitative estimate of drug-likeness (QED) is 0.580. The smallest absolute Gasteiger partial charge is 0.175 e. The molecule has 0 radical (unpaired) electrons. The van der Waals surface area contributed by atoms with Gasteiger partial charge in [0.15, 0.2) is 16.1 Å². The van der Waals surface area contributed by atoms with Crippen LogP contribution >= 0.6 is 0 Å². The average molecular weight is 418 g/mol. The van der Waals surface area contributed by atoms with Crippen LogP contribution in [0.5, 0.6) is 0 Å². The zero-order valence-corrected chi connectivity index (χ0v) is 16.7. The van der Waals surface area contributed by atoms with Crippen LogP contribution in [0, 0.1) is 6.92 Å². The Bertz CT molecular complexity index is 1140. The number of sulfone groups is 1. The number of rotatable bonds is 4. The molecule has 154 valence electrons. The lowest BCUT2D eigenvalue weighted by Gasteiger charge is -2.21. The molecule has 1 saturated heterocycles. The van der Waals surface area contributed by atoms with Crippen LogP contribution in [0.4, 0.5) is 0 Å². The van der Waals surface area contributed by atoms with E-state index < -0.39 is 40.5 Å². The van der Waals surface area contributed by atoms with E-state index in [1.165, 1.54) is 24.3 Å². The summed E-state index contributed by atoms with van der Waals surface area (Å²) in [4.78, 5) is 4.46. The predicted octanol–water partition coefficient (Wildman–Crippen LogP) is 1.10. The van der Waals surface area contributed by atoms with Crippen molar-refractivity contribution >= 4 is 20.9 Å². The van der Waals surface area contributed by atoms with Gasteiger partial charge in [-0.3, -0.25) is 0 Å². The van der Waals surface area contributed by atoms with Gasteiger partial charge in [-0.2, -0.15) is 0 Å². The fourth-order valence-corrected chi connectivity index (χ4v) is 4.31. The number of hydrogen-bond acceptors (Lipinski definition) is 7. The van der Waals surface area contributed by atoms with Gasteiger partial charge in [0.25, 0.3) is 0 Å². The minimum absolute atomic E-state index is 0.125. The number of nitrogens with zero attached hydrogens (tertiary/aromatic N) is 2. The number of pyridine rings is 1. The first-order valence-corrected chi connectivity index (χ1v) is 11.0. The van der Waals surface area contributed by atoms with E-state index in [0.717, 1.165) is 17.2 Å². The van der Waals surface area contributed by atoms with E-state index in [4.69, 9.17) is 4.74 Å². The van der Waals surface area contributed by atoms with Gasteiger partial charge in [-0.05, 0) is 42.3 Å². The van der Waals surface area contributed by atoms with Crippen LogP contribution < -0.4 is 0 Å². The minimum Gasteiger partial charge on any atom is -0.387 e. The van der Waals surface area contributed by atoms with E-state index in [2.05, 4.69) is 4.98 Å². The molecule has 0 aliphatic carbocycles. The normalized spacial score (nSPS) is 26.1. The molecule has 8 nitrogen and oxygen atoms in total. The molecule has 4 rings (SSSR count). The zero-order valence-electron chi connectivity index (χ0n) is 15.9. The molecule has 2 aromatic heterocycles. The number of aliphatic hydroxyl groups is 3. The maximum atomic E-state index is 11.6. The first-order chi connectivity index (χ1) is 13.7. The Morgan fingerprint density at radius 1 is 1.10 bits per heavy atom. The number of hydrogen-bond donors (Lipinski definition) is 3. The predicted molar refractivity (Wildman–Crippen MR) is 105 cm³/mol. The molecule has 0 saturated carbocycles. The van der Waals surface area contributed by atoms with E-state index >= 15 is 0 Å². The van der Waals surface area contributed by atoms with Gasteiger partial charge in [0, 0.05) is 24.0 Å². The Labute approximate surface area is 167 Å². The van der Waals surface area contributed by atoms with E-state index in [-0.39, 0.29) is 4.90 Å². The number of aromatic nitrogens is 2. The van der Waals surface area contributed by atoms with Crippen molar-refractivity contribution in [2.24, 2.45) is 0 Å². The second-order valence-corrected chi connectivity index (χ2v) is 9.36. The van der Waals surface area contributed by atoms with Crippen molar-refractivity contribution in [3.63, 3.8) is 0 Å². The summed E-state index contributed by atoms with van der Waals surface area (Å²) in [7, 11) is -3.36. The van der Waals surface area contributed by atoms with Crippen molar-refractivity contribution in [2.75, 3.05) is 6.26 Å². The number of benzene rings is 1. The molecule has 1 fully saturated rings.